The highest BCUT2D eigenvalue weighted by molar-refractivity contribution is 9.10. The molecule has 2 heterocycles. The number of hydrogen-bond acceptors (Lipinski definition) is 2. The van der Waals surface area contributed by atoms with Crippen LogP contribution in [0.5, 0.6) is 0 Å². The summed E-state index contributed by atoms with van der Waals surface area (Å²) >= 11 is 3.62. The van der Waals surface area contributed by atoms with Crippen LogP contribution in [-0.4, -0.2) is 28.1 Å². The SMILES string of the molecule is O=C(O)CC1CC2CCC(C1)N2Cc1ccccc1Br. The zero-order chi connectivity index (χ0) is 14.1. The highest BCUT2D eigenvalue weighted by Gasteiger charge is 2.40. The molecule has 0 radical (unpaired) electrons. The van der Waals surface area contributed by atoms with Crippen molar-refractivity contribution in [2.24, 2.45) is 5.92 Å². The van der Waals surface area contributed by atoms with Gasteiger partial charge in [0.05, 0.1) is 0 Å². The minimum Gasteiger partial charge on any atom is -0.481 e. The summed E-state index contributed by atoms with van der Waals surface area (Å²) in [4.78, 5) is 13.5. The molecule has 0 aromatic heterocycles. The summed E-state index contributed by atoms with van der Waals surface area (Å²) in [5, 5.41) is 8.98. The van der Waals surface area contributed by atoms with Crippen LogP contribution in [0.3, 0.4) is 0 Å². The Bertz CT molecular complexity index is 491. The molecular weight excluding hydrogens is 318 g/mol. The van der Waals surface area contributed by atoms with Crippen molar-refractivity contribution < 1.29 is 9.90 Å². The number of carboxylic acids is 1. The van der Waals surface area contributed by atoms with E-state index in [-0.39, 0.29) is 0 Å². The van der Waals surface area contributed by atoms with Gasteiger partial charge in [-0.05, 0) is 43.2 Å². The quantitative estimate of drug-likeness (QED) is 0.911. The molecule has 1 aromatic carbocycles. The Morgan fingerprint density at radius 2 is 1.90 bits per heavy atom. The Balaban J connectivity index is 1.68. The van der Waals surface area contributed by atoms with Crippen molar-refractivity contribution in [2.45, 2.75) is 50.7 Å². The van der Waals surface area contributed by atoms with Crippen LogP contribution in [-0.2, 0) is 11.3 Å². The first-order chi connectivity index (χ1) is 9.63. The van der Waals surface area contributed by atoms with Gasteiger partial charge < -0.3 is 5.11 Å². The van der Waals surface area contributed by atoms with Crippen LogP contribution < -0.4 is 0 Å². The summed E-state index contributed by atoms with van der Waals surface area (Å²) in [6.45, 7) is 0.983. The second kappa shape index (κ2) is 5.86. The molecule has 0 spiro atoms. The molecule has 2 saturated heterocycles. The summed E-state index contributed by atoms with van der Waals surface area (Å²) in [5.41, 5.74) is 1.33. The molecule has 1 N–H and O–H groups in total. The van der Waals surface area contributed by atoms with Crippen molar-refractivity contribution in [3.8, 4) is 0 Å². The van der Waals surface area contributed by atoms with Crippen molar-refractivity contribution in [3.63, 3.8) is 0 Å². The second-order valence-corrected chi connectivity index (χ2v) is 6.94. The van der Waals surface area contributed by atoms with Crippen LogP contribution in [0.25, 0.3) is 0 Å². The maximum Gasteiger partial charge on any atom is 0.303 e. The van der Waals surface area contributed by atoms with Gasteiger partial charge in [-0.1, -0.05) is 34.1 Å². The molecule has 2 unspecified atom stereocenters. The van der Waals surface area contributed by atoms with E-state index < -0.39 is 5.97 Å². The van der Waals surface area contributed by atoms with Crippen molar-refractivity contribution in [1.29, 1.82) is 0 Å². The summed E-state index contributed by atoms with van der Waals surface area (Å²) in [6.07, 6.45) is 4.90. The van der Waals surface area contributed by atoms with E-state index in [0.29, 0.717) is 24.4 Å². The van der Waals surface area contributed by atoms with Gasteiger partial charge in [0.2, 0.25) is 0 Å². The van der Waals surface area contributed by atoms with Gasteiger partial charge in [0.15, 0.2) is 0 Å². The fourth-order valence-electron chi connectivity index (χ4n) is 3.88. The Morgan fingerprint density at radius 1 is 1.25 bits per heavy atom. The molecule has 0 saturated carbocycles. The molecular formula is C16H20BrNO2. The summed E-state index contributed by atoms with van der Waals surface area (Å²) in [6, 6.07) is 9.54. The predicted octanol–water partition coefficient (Wildman–Crippen LogP) is 3.67. The molecule has 2 atom stereocenters. The third kappa shape index (κ3) is 2.91. The van der Waals surface area contributed by atoms with E-state index in [0.717, 1.165) is 19.4 Å². The average molecular weight is 338 g/mol. The highest BCUT2D eigenvalue weighted by atomic mass is 79.9. The van der Waals surface area contributed by atoms with Gasteiger partial charge in [0, 0.05) is 29.5 Å². The van der Waals surface area contributed by atoms with Crippen molar-refractivity contribution in [1.82, 2.24) is 4.90 Å². The van der Waals surface area contributed by atoms with Crippen LogP contribution in [0.15, 0.2) is 28.7 Å². The maximum atomic E-state index is 10.9. The topological polar surface area (TPSA) is 40.5 Å². The van der Waals surface area contributed by atoms with Crippen LogP contribution in [0.4, 0.5) is 0 Å². The minimum atomic E-state index is -0.645. The maximum absolute atomic E-state index is 10.9. The fraction of sp³-hybridized carbons (Fsp3) is 0.562. The Kier molecular flexibility index (Phi) is 4.13. The van der Waals surface area contributed by atoms with Gasteiger partial charge >= 0.3 is 5.97 Å². The van der Waals surface area contributed by atoms with Crippen molar-refractivity contribution in [3.05, 3.63) is 34.3 Å². The molecule has 3 rings (SSSR count). The summed E-state index contributed by atoms with van der Waals surface area (Å²) < 4.78 is 1.17. The van der Waals surface area contributed by atoms with Gasteiger partial charge in [-0.3, -0.25) is 9.69 Å². The molecule has 4 heteroatoms. The number of carbonyl (C=O) groups is 1. The van der Waals surface area contributed by atoms with Gasteiger partial charge in [-0.2, -0.15) is 0 Å². The number of fused-ring (bicyclic) bond motifs is 2. The smallest absolute Gasteiger partial charge is 0.303 e. The fourth-order valence-corrected chi connectivity index (χ4v) is 4.29. The molecule has 20 heavy (non-hydrogen) atoms. The summed E-state index contributed by atoms with van der Waals surface area (Å²) in [7, 11) is 0. The lowest BCUT2D eigenvalue weighted by atomic mass is 9.88. The molecule has 2 aliphatic heterocycles. The monoisotopic (exact) mass is 337 g/mol. The van der Waals surface area contributed by atoms with E-state index in [2.05, 4.69) is 39.0 Å². The number of benzene rings is 1. The molecule has 0 aliphatic carbocycles. The standard InChI is InChI=1S/C16H20BrNO2/c17-15-4-2-1-3-12(15)10-18-13-5-6-14(18)8-11(7-13)9-16(19)20/h1-4,11,13-14H,5-10H2,(H,19,20). The second-order valence-electron chi connectivity index (χ2n) is 6.08. The van der Waals surface area contributed by atoms with E-state index in [1.165, 1.54) is 22.9 Å². The molecule has 2 fully saturated rings. The molecule has 108 valence electrons. The van der Waals surface area contributed by atoms with E-state index in [1.54, 1.807) is 0 Å². The van der Waals surface area contributed by atoms with Gasteiger partial charge in [-0.25, -0.2) is 0 Å². The van der Waals surface area contributed by atoms with Crippen molar-refractivity contribution >= 4 is 21.9 Å². The number of halogens is 1. The lowest BCUT2D eigenvalue weighted by Crippen LogP contribution is -2.42. The first-order valence-electron chi connectivity index (χ1n) is 7.34. The lowest BCUT2D eigenvalue weighted by molar-refractivity contribution is -0.138. The molecule has 3 nitrogen and oxygen atoms in total. The number of carboxylic acid groups (broad SMARTS) is 1. The molecule has 2 aliphatic rings. The highest BCUT2D eigenvalue weighted by Crippen LogP contribution is 2.41. The third-order valence-electron chi connectivity index (χ3n) is 4.76. The lowest BCUT2D eigenvalue weighted by Gasteiger charge is -2.38. The Morgan fingerprint density at radius 3 is 2.50 bits per heavy atom. The molecule has 0 amide bonds. The number of hydrogen-bond donors (Lipinski definition) is 1. The number of nitrogens with zero attached hydrogens (tertiary/aromatic N) is 1. The summed E-state index contributed by atoms with van der Waals surface area (Å²) in [5.74, 6) is -0.269. The van der Waals surface area contributed by atoms with Gasteiger partial charge in [-0.15, -0.1) is 0 Å². The van der Waals surface area contributed by atoms with Crippen LogP contribution >= 0.6 is 15.9 Å². The van der Waals surface area contributed by atoms with E-state index in [9.17, 15) is 4.79 Å². The third-order valence-corrected chi connectivity index (χ3v) is 5.53. The Labute approximate surface area is 128 Å². The minimum absolute atomic E-state index is 0.343. The van der Waals surface area contributed by atoms with E-state index >= 15 is 0 Å². The Hall–Kier alpha value is -0.870. The number of rotatable bonds is 4. The number of piperidine rings is 1. The molecule has 2 bridgehead atoms. The predicted molar refractivity (Wildman–Crippen MR) is 81.5 cm³/mol. The first-order valence-corrected chi connectivity index (χ1v) is 8.13. The van der Waals surface area contributed by atoms with E-state index in [4.69, 9.17) is 5.11 Å². The van der Waals surface area contributed by atoms with Crippen LogP contribution in [0.1, 0.15) is 37.7 Å². The van der Waals surface area contributed by atoms with Crippen molar-refractivity contribution in [2.75, 3.05) is 0 Å². The zero-order valence-electron chi connectivity index (χ0n) is 11.5. The van der Waals surface area contributed by atoms with Gasteiger partial charge in [0.25, 0.3) is 0 Å². The van der Waals surface area contributed by atoms with E-state index in [1.807, 2.05) is 6.07 Å². The largest absolute Gasteiger partial charge is 0.481 e. The average Bonchev–Trinajstić information content (AvgIpc) is 2.63. The molecule has 1 aromatic rings. The number of aliphatic carboxylic acids is 1. The van der Waals surface area contributed by atoms with Crippen LogP contribution in [0.2, 0.25) is 0 Å². The van der Waals surface area contributed by atoms with Gasteiger partial charge in [0.1, 0.15) is 0 Å². The zero-order valence-corrected chi connectivity index (χ0v) is 13.1. The normalized spacial score (nSPS) is 29.6. The first kappa shape index (κ1) is 14.1. The van der Waals surface area contributed by atoms with Crippen LogP contribution in [0, 0.1) is 5.92 Å².